The van der Waals surface area contributed by atoms with Crippen LogP contribution in [-0.2, 0) is 6.54 Å². The zero-order valence-corrected chi connectivity index (χ0v) is 11.2. The monoisotopic (exact) mass is 263 g/mol. The molecule has 1 aromatic heterocycles. The number of hydrogen-bond acceptors (Lipinski definition) is 2. The molecule has 1 saturated carbocycles. The van der Waals surface area contributed by atoms with E-state index < -0.39 is 0 Å². The van der Waals surface area contributed by atoms with E-state index in [1.165, 1.54) is 4.88 Å². The van der Waals surface area contributed by atoms with E-state index >= 15 is 0 Å². The molecule has 0 aliphatic heterocycles. The lowest BCUT2D eigenvalue weighted by Gasteiger charge is -2.49. The van der Waals surface area contributed by atoms with E-state index in [2.05, 4.69) is 25.2 Å². The first-order valence-corrected chi connectivity index (χ1v) is 6.75. The molecule has 1 aliphatic carbocycles. The molecule has 1 fully saturated rings. The second-order valence-corrected chi connectivity index (χ2v) is 6.99. The Morgan fingerprint density at radius 1 is 1.53 bits per heavy atom. The lowest BCUT2D eigenvalue weighted by Crippen LogP contribution is -2.57. The van der Waals surface area contributed by atoms with Gasteiger partial charge in [-0.15, -0.1) is 22.9 Å². The molecule has 0 aromatic carbocycles. The Balaban J connectivity index is 1.85. The lowest BCUT2D eigenvalue weighted by molar-refractivity contribution is 0.116. The van der Waals surface area contributed by atoms with Crippen molar-refractivity contribution >= 4 is 34.5 Å². The van der Waals surface area contributed by atoms with Gasteiger partial charge in [-0.2, -0.15) is 0 Å². The normalized spacial score (nSPS) is 28.8. The van der Waals surface area contributed by atoms with E-state index in [0.29, 0.717) is 11.4 Å². The van der Waals surface area contributed by atoms with Crippen molar-refractivity contribution in [3.05, 3.63) is 21.3 Å². The molecule has 1 N–H and O–H groups in total. The van der Waals surface area contributed by atoms with Crippen LogP contribution in [-0.4, -0.2) is 11.4 Å². The molecule has 2 atom stereocenters. The predicted octanol–water partition coefficient (Wildman–Crippen LogP) is 3.90. The number of hydrogen-bond donors (Lipinski definition) is 1. The van der Waals surface area contributed by atoms with Crippen LogP contribution in [0.5, 0.6) is 0 Å². The molecule has 0 saturated heterocycles. The third-order valence-electron chi connectivity index (χ3n) is 3.30. The van der Waals surface area contributed by atoms with Crippen LogP contribution in [0.4, 0.5) is 0 Å². The summed E-state index contributed by atoms with van der Waals surface area (Å²) in [5, 5.41) is 3.84. The maximum absolute atomic E-state index is 6.16. The standard InChI is InChI=1S/C11H15Cl2NS/c1-11(2)8(12)5-9(11)14-6-7-3-4-10(13)15-7/h3-4,8-9,14H,5-6H2,1-2H3. The number of thiophene rings is 1. The molecule has 1 nitrogen and oxygen atoms in total. The molecule has 2 unspecified atom stereocenters. The quantitative estimate of drug-likeness (QED) is 0.816. The molecule has 0 bridgehead atoms. The smallest absolute Gasteiger partial charge is 0.0931 e. The summed E-state index contributed by atoms with van der Waals surface area (Å²) in [6.07, 6.45) is 1.06. The van der Waals surface area contributed by atoms with Crippen LogP contribution >= 0.6 is 34.5 Å². The maximum Gasteiger partial charge on any atom is 0.0931 e. The summed E-state index contributed by atoms with van der Waals surface area (Å²) in [7, 11) is 0. The average molecular weight is 264 g/mol. The highest BCUT2D eigenvalue weighted by Gasteiger charge is 2.46. The fraction of sp³-hybridized carbons (Fsp3) is 0.636. The van der Waals surface area contributed by atoms with Crippen molar-refractivity contribution in [2.75, 3.05) is 0 Å². The number of nitrogens with one attached hydrogen (secondary N) is 1. The Labute approximate surface area is 105 Å². The van der Waals surface area contributed by atoms with Crippen LogP contribution < -0.4 is 5.32 Å². The predicted molar refractivity (Wildman–Crippen MR) is 68.0 cm³/mol. The summed E-state index contributed by atoms with van der Waals surface area (Å²) in [5.41, 5.74) is 0.211. The first-order valence-electron chi connectivity index (χ1n) is 5.12. The summed E-state index contributed by atoms with van der Waals surface area (Å²) in [6.45, 7) is 5.33. The Bertz CT molecular complexity index is 348. The fourth-order valence-corrected chi connectivity index (χ4v) is 3.26. The first-order chi connectivity index (χ1) is 7.00. The second kappa shape index (κ2) is 4.25. The maximum atomic E-state index is 6.16. The summed E-state index contributed by atoms with van der Waals surface area (Å²) < 4.78 is 0.856. The van der Waals surface area contributed by atoms with Crippen LogP contribution in [0, 0.1) is 5.41 Å². The van der Waals surface area contributed by atoms with Gasteiger partial charge >= 0.3 is 0 Å². The van der Waals surface area contributed by atoms with E-state index in [0.717, 1.165) is 17.3 Å². The number of alkyl halides is 1. The van der Waals surface area contributed by atoms with E-state index in [4.69, 9.17) is 23.2 Å². The Hall–Kier alpha value is 0.240. The van der Waals surface area contributed by atoms with Gasteiger partial charge in [0.25, 0.3) is 0 Å². The highest BCUT2D eigenvalue weighted by atomic mass is 35.5. The zero-order chi connectivity index (χ0) is 11.1. The van der Waals surface area contributed by atoms with Crippen LogP contribution in [0.25, 0.3) is 0 Å². The molecule has 0 spiro atoms. The zero-order valence-electron chi connectivity index (χ0n) is 8.89. The molecule has 1 heterocycles. The van der Waals surface area contributed by atoms with Gasteiger partial charge in [-0.3, -0.25) is 0 Å². The van der Waals surface area contributed by atoms with Crippen molar-refractivity contribution in [3.63, 3.8) is 0 Å². The van der Waals surface area contributed by atoms with Crippen LogP contribution in [0.1, 0.15) is 25.1 Å². The molecule has 2 rings (SSSR count). The molecule has 1 aromatic rings. The lowest BCUT2D eigenvalue weighted by atomic mass is 9.67. The Morgan fingerprint density at radius 3 is 2.73 bits per heavy atom. The largest absolute Gasteiger partial charge is 0.308 e. The van der Waals surface area contributed by atoms with Crippen molar-refractivity contribution in [1.82, 2.24) is 5.32 Å². The first kappa shape index (κ1) is 11.7. The number of halogens is 2. The third-order valence-corrected chi connectivity index (χ3v) is 5.27. The van der Waals surface area contributed by atoms with Crippen LogP contribution in [0.15, 0.2) is 12.1 Å². The summed E-state index contributed by atoms with van der Waals surface area (Å²) in [5.74, 6) is 0. The minimum atomic E-state index is 0.211. The molecule has 15 heavy (non-hydrogen) atoms. The molecule has 1 aliphatic rings. The second-order valence-electron chi connectivity index (χ2n) is 4.66. The topological polar surface area (TPSA) is 12.0 Å². The summed E-state index contributed by atoms with van der Waals surface area (Å²) in [4.78, 5) is 1.29. The van der Waals surface area contributed by atoms with Gasteiger partial charge in [0.2, 0.25) is 0 Å². The average Bonchev–Trinajstić information content (AvgIpc) is 2.58. The van der Waals surface area contributed by atoms with Crippen molar-refractivity contribution in [2.45, 2.75) is 38.2 Å². The van der Waals surface area contributed by atoms with E-state index in [1.54, 1.807) is 11.3 Å². The van der Waals surface area contributed by atoms with Gasteiger partial charge in [-0.25, -0.2) is 0 Å². The highest BCUT2D eigenvalue weighted by Crippen LogP contribution is 2.44. The van der Waals surface area contributed by atoms with Gasteiger partial charge in [-0.05, 0) is 24.0 Å². The van der Waals surface area contributed by atoms with Crippen molar-refractivity contribution in [3.8, 4) is 0 Å². The van der Waals surface area contributed by atoms with Gasteiger partial charge in [0.05, 0.1) is 4.34 Å². The van der Waals surface area contributed by atoms with E-state index in [9.17, 15) is 0 Å². The summed E-state index contributed by atoms with van der Waals surface area (Å²) in [6, 6.07) is 4.55. The van der Waals surface area contributed by atoms with Gasteiger partial charge < -0.3 is 5.32 Å². The third kappa shape index (κ3) is 2.33. The molecular formula is C11H15Cl2NS. The molecule has 0 radical (unpaired) electrons. The summed E-state index contributed by atoms with van der Waals surface area (Å²) >= 11 is 13.7. The van der Waals surface area contributed by atoms with E-state index in [-0.39, 0.29) is 5.41 Å². The van der Waals surface area contributed by atoms with Crippen molar-refractivity contribution in [2.24, 2.45) is 5.41 Å². The van der Waals surface area contributed by atoms with Crippen molar-refractivity contribution in [1.29, 1.82) is 0 Å². The van der Waals surface area contributed by atoms with Gasteiger partial charge in [0, 0.05) is 22.8 Å². The van der Waals surface area contributed by atoms with Gasteiger partial charge in [0.1, 0.15) is 0 Å². The number of rotatable bonds is 3. The van der Waals surface area contributed by atoms with Gasteiger partial charge in [-0.1, -0.05) is 25.4 Å². The Morgan fingerprint density at radius 2 is 2.27 bits per heavy atom. The molecular weight excluding hydrogens is 249 g/mol. The highest BCUT2D eigenvalue weighted by molar-refractivity contribution is 7.16. The van der Waals surface area contributed by atoms with Gasteiger partial charge in [0.15, 0.2) is 0 Å². The Kier molecular flexibility index (Phi) is 3.32. The van der Waals surface area contributed by atoms with Crippen LogP contribution in [0.2, 0.25) is 4.34 Å². The van der Waals surface area contributed by atoms with E-state index in [1.807, 2.05) is 6.07 Å². The van der Waals surface area contributed by atoms with Crippen molar-refractivity contribution < 1.29 is 0 Å². The molecule has 0 amide bonds. The SMILES string of the molecule is CC1(C)C(Cl)CC1NCc1ccc(Cl)s1. The van der Waals surface area contributed by atoms with Crippen LogP contribution in [0.3, 0.4) is 0 Å². The fourth-order valence-electron chi connectivity index (χ4n) is 1.89. The molecule has 4 heteroatoms. The minimum absolute atomic E-state index is 0.211. The minimum Gasteiger partial charge on any atom is -0.308 e. The molecule has 84 valence electrons.